The summed E-state index contributed by atoms with van der Waals surface area (Å²) >= 11 is 8.26. The number of halogens is 2. The standard InChI is InChI=1S/C49H46ClFN6O10S2/c1-30-34(13-15-40(44(30)50)65-24-23-57-21-19-56(20-22-57)18-7-25-69(61,62)63)42-43-47(53-29-54-48(43)68-45(42)32-12-14-36(51)37(58)26-32)67-41(49(59)60)27-31-8-3-5-10-38(31)66-28-33-16-17-52-46(55-33)35-9-4-6-11-39(35)64-2/h3-6,8-17,26-27,29,58H,7,18-25,28H2,1-2H3,(H,59,60)(H,61,62,63)/b41-27+. The number of rotatable bonds is 19. The first-order valence-electron chi connectivity index (χ1n) is 21.6. The average molecular weight is 998 g/mol. The highest BCUT2D eigenvalue weighted by Gasteiger charge is 2.27. The number of piperazine rings is 1. The van der Waals surface area contributed by atoms with Gasteiger partial charge in [-0.05, 0) is 85.1 Å². The van der Waals surface area contributed by atoms with Gasteiger partial charge in [-0.2, -0.15) is 8.42 Å². The Hall–Kier alpha value is -6.74. The van der Waals surface area contributed by atoms with E-state index in [1.54, 1.807) is 49.7 Å². The van der Waals surface area contributed by atoms with E-state index in [0.717, 1.165) is 32.2 Å². The van der Waals surface area contributed by atoms with Crippen LogP contribution >= 0.6 is 22.9 Å². The summed E-state index contributed by atoms with van der Waals surface area (Å²) < 4.78 is 69.8. The number of hydrogen-bond donors (Lipinski definition) is 3. The lowest BCUT2D eigenvalue weighted by Crippen LogP contribution is -2.47. The van der Waals surface area contributed by atoms with Gasteiger partial charge in [0, 0.05) is 54.9 Å². The minimum Gasteiger partial charge on any atom is -0.505 e. The number of aromatic nitrogens is 4. The van der Waals surface area contributed by atoms with Crippen LogP contribution in [0.25, 0.3) is 49.2 Å². The van der Waals surface area contributed by atoms with E-state index >= 15 is 0 Å². The molecule has 20 heteroatoms. The number of carboxylic acid groups (broad SMARTS) is 1. The van der Waals surface area contributed by atoms with E-state index in [0.29, 0.717) is 108 Å². The maximum atomic E-state index is 14.4. The topological polar surface area (TPSA) is 207 Å². The van der Waals surface area contributed by atoms with Crippen molar-refractivity contribution >= 4 is 55.3 Å². The van der Waals surface area contributed by atoms with Gasteiger partial charge in [-0.1, -0.05) is 54.1 Å². The lowest BCUT2D eigenvalue weighted by Gasteiger charge is -2.34. The number of aromatic hydroxyl groups is 1. The minimum atomic E-state index is -3.99. The normalized spacial score (nSPS) is 13.7. The number of benzene rings is 4. The molecular formula is C49H46ClFN6O10S2. The van der Waals surface area contributed by atoms with Crippen LogP contribution in [-0.4, -0.2) is 118 Å². The Morgan fingerprint density at radius 2 is 1.64 bits per heavy atom. The van der Waals surface area contributed by atoms with Crippen LogP contribution in [0.1, 0.15) is 23.2 Å². The number of hydrogen-bond acceptors (Lipinski definition) is 15. The van der Waals surface area contributed by atoms with E-state index in [-0.39, 0.29) is 18.2 Å². The minimum absolute atomic E-state index is 0.0279. The summed E-state index contributed by atoms with van der Waals surface area (Å²) in [5, 5.41) is 21.7. The molecule has 7 aromatic rings. The van der Waals surface area contributed by atoms with E-state index in [1.807, 2.05) is 37.3 Å². The van der Waals surface area contributed by atoms with Gasteiger partial charge < -0.3 is 34.1 Å². The predicted octanol–water partition coefficient (Wildman–Crippen LogP) is 8.66. The Morgan fingerprint density at radius 1 is 0.899 bits per heavy atom. The van der Waals surface area contributed by atoms with Crippen LogP contribution in [-0.2, 0) is 21.5 Å². The molecular weight excluding hydrogens is 951 g/mol. The summed E-state index contributed by atoms with van der Waals surface area (Å²) in [6.45, 7) is 6.39. The maximum absolute atomic E-state index is 14.4. The molecule has 1 saturated heterocycles. The van der Waals surface area contributed by atoms with Crippen molar-refractivity contribution in [1.82, 2.24) is 29.7 Å². The molecule has 4 heterocycles. The van der Waals surface area contributed by atoms with Crippen molar-refractivity contribution in [1.29, 1.82) is 0 Å². The fraction of sp³-hybridized carbons (Fsp3) is 0.245. The van der Waals surface area contributed by atoms with E-state index in [2.05, 4.69) is 29.7 Å². The number of carboxylic acids is 1. The summed E-state index contributed by atoms with van der Waals surface area (Å²) in [6, 6.07) is 23.5. The zero-order valence-electron chi connectivity index (χ0n) is 37.3. The van der Waals surface area contributed by atoms with Crippen molar-refractivity contribution in [2.45, 2.75) is 20.0 Å². The van der Waals surface area contributed by atoms with Crippen molar-refractivity contribution in [2.75, 3.05) is 58.7 Å². The summed E-state index contributed by atoms with van der Waals surface area (Å²) in [7, 11) is -2.42. The molecule has 0 atom stereocenters. The van der Waals surface area contributed by atoms with Gasteiger partial charge in [0.05, 0.1) is 34.5 Å². The molecule has 69 heavy (non-hydrogen) atoms. The monoisotopic (exact) mass is 996 g/mol. The van der Waals surface area contributed by atoms with Crippen LogP contribution in [0.4, 0.5) is 4.39 Å². The quantitative estimate of drug-likeness (QED) is 0.0394. The molecule has 0 bridgehead atoms. The highest BCUT2D eigenvalue weighted by molar-refractivity contribution is 7.85. The van der Waals surface area contributed by atoms with Crippen molar-refractivity contribution in [3.8, 4) is 61.8 Å². The number of aliphatic carboxylic acids is 1. The molecule has 1 aliphatic rings. The number of para-hydroxylation sites is 2. The third-order valence-corrected chi connectivity index (χ3v) is 13.8. The molecule has 358 valence electrons. The molecule has 0 unspecified atom stereocenters. The van der Waals surface area contributed by atoms with Crippen LogP contribution in [0, 0.1) is 12.7 Å². The van der Waals surface area contributed by atoms with Crippen LogP contribution in [0.3, 0.4) is 0 Å². The second kappa shape index (κ2) is 21.7. The molecule has 0 saturated carbocycles. The van der Waals surface area contributed by atoms with Gasteiger partial charge in [-0.3, -0.25) is 9.45 Å². The van der Waals surface area contributed by atoms with Gasteiger partial charge in [-0.25, -0.2) is 29.1 Å². The molecule has 1 fully saturated rings. The number of phenolic OH excluding ortho intramolecular Hbond substituents is 1. The van der Waals surface area contributed by atoms with E-state index in [4.69, 9.17) is 35.1 Å². The zero-order valence-corrected chi connectivity index (χ0v) is 39.7. The fourth-order valence-electron chi connectivity index (χ4n) is 7.83. The Balaban J connectivity index is 1.06. The highest BCUT2D eigenvalue weighted by atomic mass is 35.5. The summed E-state index contributed by atoms with van der Waals surface area (Å²) in [4.78, 5) is 36.4. The molecule has 0 radical (unpaired) electrons. The molecule has 3 N–H and O–H groups in total. The van der Waals surface area contributed by atoms with E-state index < -0.39 is 33.4 Å². The van der Waals surface area contributed by atoms with Gasteiger partial charge in [-0.15, -0.1) is 11.3 Å². The van der Waals surface area contributed by atoms with Gasteiger partial charge in [0.15, 0.2) is 17.4 Å². The Bertz CT molecular complexity index is 3150. The molecule has 0 aliphatic carbocycles. The number of fused-ring (bicyclic) bond motifs is 1. The highest BCUT2D eigenvalue weighted by Crippen LogP contribution is 2.50. The number of methoxy groups -OCH3 is 1. The third kappa shape index (κ3) is 11.8. The zero-order chi connectivity index (χ0) is 48.7. The Morgan fingerprint density at radius 3 is 2.38 bits per heavy atom. The first kappa shape index (κ1) is 48.7. The SMILES string of the molecule is COc1ccccc1-c1nccc(COc2ccccc2/C=C(/Oc2ncnc3sc(-c4ccc(F)c(O)c4)c(-c4ccc(OCCN5CCN(CCCS(=O)(=O)O)CC5)c(Cl)c4C)c23)C(=O)O)n1. The lowest BCUT2D eigenvalue weighted by molar-refractivity contribution is -0.134. The molecule has 0 spiro atoms. The second-order valence-electron chi connectivity index (χ2n) is 15.9. The second-order valence-corrected chi connectivity index (χ2v) is 18.8. The van der Waals surface area contributed by atoms with Crippen molar-refractivity contribution in [3.05, 3.63) is 131 Å². The predicted molar refractivity (Wildman–Crippen MR) is 260 cm³/mol. The summed E-state index contributed by atoms with van der Waals surface area (Å²) in [5.74, 6) is -1.76. The molecule has 4 aromatic carbocycles. The van der Waals surface area contributed by atoms with Crippen molar-refractivity contribution in [3.63, 3.8) is 0 Å². The van der Waals surface area contributed by atoms with Gasteiger partial charge in [0.25, 0.3) is 10.1 Å². The van der Waals surface area contributed by atoms with Crippen LogP contribution < -0.4 is 18.9 Å². The van der Waals surface area contributed by atoms with Crippen LogP contribution in [0.5, 0.6) is 28.9 Å². The molecule has 3 aromatic heterocycles. The Labute approximate surface area is 406 Å². The van der Waals surface area contributed by atoms with Crippen molar-refractivity contribution in [2.24, 2.45) is 0 Å². The number of thiophene rings is 1. The number of carbonyl (C=O) groups is 1. The van der Waals surface area contributed by atoms with Crippen molar-refractivity contribution < 1.29 is 51.3 Å². The Kier molecular flexibility index (Phi) is 15.3. The largest absolute Gasteiger partial charge is 0.505 e. The molecule has 8 rings (SSSR count). The number of nitrogens with zero attached hydrogens (tertiary/aromatic N) is 6. The van der Waals surface area contributed by atoms with Gasteiger partial charge in [0.1, 0.15) is 41.6 Å². The number of phenols is 1. The summed E-state index contributed by atoms with van der Waals surface area (Å²) in [5.41, 5.74) is 3.82. The first-order valence-corrected chi connectivity index (χ1v) is 24.4. The smallest absolute Gasteiger partial charge is 0.371 e. The van der Waals surface area contributed by atoms with Gasteiger partial charge in [0.2, 0.25) is 11.6 Å². The van der Waals surface area contributed by atoms with Crippen LogP contribution in [0.15, 0.2) is 103 Å². The fourth-order valence-corrected chi connectivity index (χ4v) is 9.69. The summed E-state index contributed by atoms with van der Waals surface area (Å²) in [6.07, 6.45) is 4.57. The third-order valence-electron chi connectivity index (χ3n) is 11.3. The van der Waals surface area contributed by atoms with E-state index in [9.17, 15) is 27.8 Å². The molecule has 16 nitrogen and oxygen atoms in total. The lowest BCUT2D eigenvalue weighted by atomic mass is 9.95. The van der Waals surface area contributed by atoms with Gasteiger partial charge >= 0.3 is 5.97 Å². The van der Waals surface area contributed by atoms with E-state index in [1.165, 1.54) is 35.9 Å². The molecule has 1 aliphatic heterocycles. The number of ether oxygens (including phenoxy) is 4. The molecule has 0 amide bonds. The maximum Gasteiger partial charge on any atom is 0.371 e. The van der Waals surface area contributed by atoms with Crippen LogP contribution in [0.2, 0.25) is 5.02 Å². The first-order chi connectivity index (χ1) is 33.3. The average Bonchev–Trinajstić information content (AvgIpc) is 3.73.